The molecule has 0 aliphatic rings. The number of amides is 2. The van der Waals surface area contributed by atoms with Crippen LogP contribution in [0.4, 0.5) is 16.2 Å². The predicted octanol–water partition coefficient (Wildman–Crippen LogP) is 5.16. The number of hydrogen-bond acceptors (Lipinski definition) is 1. The van der Waals surface area contributed by atoms with Crippen molar-refractivity contribution in [1.82, 2.24) is 0 Å². The Morgan fingerprint density at radius 2 is 1.53 bits per heavy atom. The summed E-state index contributed by atoms with van der Waals surface area (Å²) in [5, 5.41) is 5.56. The molecule has 5 heteroatoms. The van der Waals surface area contributed by atoms with E-state index in [1.165, 1.54) is 0 Å². The van der Waals surface area contributed by atoms with Crippen LogP contribution in [0.25, 0.3) is 0 Å². The smallest absolute Gasteiger partial charge is 0.308 e. The molecule has 2 N–H and O–H groups in total. The van der Waals surface area contributed by atoms with Gasteiger partial charge in [-0.1, -0.05) is 31.9 Å². The molecule has 2 amide bonds. The Balaban J connectivity index is 2.01. The number of rotatable bonds is 2. The Morgan fingerprint density at radius 1 is 0.947 bits per heavy atom. The lowest BCUT2D eigenvalue weighted by Crippen LogP contribution is -2.19. The number of aryl methyl sites for hydroxylation is 1. The summed E-state index contributed by atoms with van der Waals surface area (Å²) in [6.07, 6.45) is 0. The third-order valence-corrected chi connectivity index (χ3v) is 3.94. The van der Waals surface area contributed by atoms with Crippen molar-refractivity contribution in [1.29, 1.82) is 0 Å². The van der Waals surface area contributed by atoms with Crippen molar-refractivity contribution in [2.75, 3.05) is 10.6 Å². The minimum Gasteiger partial charge on any atom is -0.308 e. The maximum atomic E-state index is 11.8. The molecule has 0 aromatic heterocycles. The lowest BCUT2D eigenvalue weighted by atomic mass is 10.2. The number of anilines is 2. The van der Waals surface area contributed by atoms with E-state index in [9.17, 15) is 4.79 Å². The van der Waals surface area contributed by atoms with E-state index in [1.54, 1.807) is 0 Å². The topological polar surface area (TPSA) is 41.1 Å². The van der Waals surface area contributed by atoms with Gasteiger partial charge < -0.3 is 10.6 Å². The molecular weight excluding hydrogens is 372 g/mol. The molecule has 0 saturated heterocycles. The van der Waals surface area contributed by atoms with Crippen LogP contribution in [0.2, 0.25) is 0 Å². The molecule has 0 aliphatic carbocycles. The highest BCUT2D eigenvalue weighted by molar-refractivity contribution is 9.10. The fraction of sp³-hybridized carbons (Fsp3) is 0.0714. The van der Waals surface area contributed by atoms with E-state index in [2.05, 4.69) is 42.5 Å². The van der Waals surface area contributed by atoms with Gasteiger partial charge in [0.05, 0.1) is 0 Å². The van der Waals surface area contributed by atoms with Crippen LogP contribution < -0.4 is 10.6 Å². The Morgan fingerprint density at radius 3 is 2.16 bits per heavy atom. The highest BCUT2D eigenvalue weighted by atomic mass is 79.9. The zero-order valence-electron chi connectivity index (χ0n) is 10.2. The van der Waals surface area contributed by atoms with Crippen LogP contribution >= 0.6 is 31.9 Å². The van der Waals surface area contributed by atoms with Crippen molar-refractivity contribution >= 4 is 49.3 Å². The summed E-state index contributed by atoms with van der Waals surface area (Å²) in [5.41, 5.74) is 2.58. The molecule has 2 rings (SSSR count). The van der Waals surface area contributed by atoms with Crippen molar-refractivity contribution in [3.63, 3.8) is 0 Å². The van der Waals surface area contributed by atoms with E-state index in [0.717, 1.165) is 25.9 Å². The number of carbonyl (C=O) groups excluding carboxylic acids is 1. The van der Waals surface area contributed by atoms with Crippen molar-refractivity contribution in [2.24, 2.45) is 0 Å². The quantitative estimate of drug-likeness (QED) is 0.738. The van der Waals surface area contributed by atoms with E-state index in [0.29, 0.717) is 0 Å². The highest BCUT2D eigenvalue weighted by Crippen LogP contribution is 2.20. The van der Waals surface area contributed by atoms with Gasteiger partial charge in [-0.3, -0.25) is 0 Å². The average molecular weight is 384 g/mol. The molecule has 0 radical (unpaired) electrons. The summed E-state index contributed by atoms with van der Waals surface area (Å²) in [7, 11) is 0. The van der Waals surface area contributed by atoms with E-state index in [1.807, 2.05) is 49.4 Å². The monoisotopic (exact) mass is 382 g/mol. The molecule has 0 spiro atoms. The van der Waals surface area contributed by atoms with Crippen LogP contribution in [-0.2, 0) is 0 Å². The number of nitrogens with one attached hydrogen (secondary N) is 2. The fourth-order valence-corrected chi connectivity index (χ4v) is 2.06. The zero-order chi connectivity index (χ0) is 13.8. The fourth-order valence-electron chi connectivity index (χ4n) is 1.55. The molecule has 19 heavy (non-hydrogen) atoms. The molecule has 0 aliphatic heterocycles. The zero-order valence-corrected chi connectivity index (χ0v) is 13.4. The van der Waals surface area contributed by atoms with E-state index < -0.39 is 0 Å². The minimum absolute atomic E-state index is 0.260. The lowest BCUT2D eigenvalue weighted by molar-refractivity contribution is 0.262. The van der Waals surface area contributed by atoms with E-state index in [4.69, 9.17) is 0 Å². The van der Waals surface area contributed by atoms with Gasteiger partial charge in [0.2, 0.25) is 0 Å². The first-order valence-corrected chi connectivity index (χ1v) is 7.23. The highest BCUT2D eigenvalue weighted by Gasteiger charge is 2.03. The first kappa shape index (κ1) is 14.1. The number of hydrogen-bond donors (Lipinski definition) is 2. The Hall–Kier alpha value is -1.33. The summed E-state index contributed by atoms with van der Waals surface area (Å²) in [5.74, 6) is 0. The van der Waals surface area contributed by atoms with Crippen LogP contribution in [0.3, 0.4) is 0 Å². The molecule has 0 saturated carbocycles. The van der Waals surface area contributed by atoms with Gasteiger partial charge in [0.15, 0.2) is 0 Å². The van der Waals surface area contributed by atoms with Crippen LogP contribution in [0.1, 0.15) is 5.56 Å². The molecule has 0 atom stereocenters. The van der Waals surface area contributed by atoms with E-state index in [-0.39, 0.29) is 6.03 Å². The van der Waals surface area contributed by atoms with Crippen LogP contribution in [-0.4, -0.2) is 6.03 Å². The Kier molecular flexibility index (Phi) is 4.61. The molecule has 0 heterocycles. The van der Waals surface area contributed by atoms with Crippen LogP contribution in [0.5, 0.6) is 0 Å². The first-order valence-electron chi connectivity index (χ1n) is 5.64. The van der Waals surface area contributed by atoms with Crippen molar-refractivity contribution < 1.29 is 4.79 Å². The van der Waals surface area contributed by atoms with Gasteiger partial charge in [0.1, 0.15) is 0 Å². The molecule has 0 fully saturated rings. The molecule has 0 unspecified atom stereocenters. The van der Waals surface area contributed by atoms with E-state index >= 15 is 0 Å². The maximum Gasteiger partial charge on any atom is 0.323 e. The summed E-state index contributed by atoms with van der Waals surface area (Å²) in [6.45, 7) is 1.97. The number of halogens is 2. The standard InChI is InChI=1S/C14H12Br2N2O/c1-9-8-12(6-7-13(9)16)18-14(19)17-11-4-2-10(15)3-5-11/h2-8H,1H3,(H2,17,18,19). The second kappa shape index (κ2) is 6.21. The van der Waals surface area contributed by atoms with Gasteiger partial charge in [0, 0.05) is 20.3 Å². The molecule has 3 nitrogen and oxygen atoms in total. The van der Waals surface area contributed by atoms with Gasteiger partial charge in [0.25, 0.3) is 0 Å². The van der Waals surface area contributed by atoms with Gasteiger partial charge in [-0.2, -0.15) is 0 Å². The molecule has 98 valence electrons. The molecular formula is C14H12Br2N2O. The van der Waals surface area contributed by atoms with Crippen molar-refractivity contribution in [2.45, 2.75) is 6.92 Å². The SMILES string of the molecule is Cc1cc(NC(=O)Nc2ccc(Br)cc2)ccc1Br. The lowest BCUT2D eigenvalue weighted by Gasteiger charge is -2.09. The number of carbonyl (C=O) groups is 1. The van der Waals surface area contributed by atoms with Gasteiger partial charge in [-0.15, -0.1) is 0 Å². The van der Waals surface area contributed by atoms with Gasteiger partial charge in [-0.05, 0) is 55.0 Å². The summed E-state index contributed by atoms with van der Waals surface area (Å²) in [4.78, 5) is 11.8. The second-order valence-electron chi connectivity index (χ2n) is 4.05. The normalized spacial score (nSPS) is 10.1. The molecule has 0 bridgehead atoms. The Labute approximate surface area is 128 Å². The number of benzene rings is 2. The largest absolute Gasteiger partial charge is 0.323 e. The molecule has 2 aromatic rings. The van der Waals surface area contributed by atoms with Crippen LogP contribution in [0.15, 0.2) is 51.4 Å². The third-order valence-electron chi connectivity index (χ3n) is 2.52. The number of urea groups is 1. The van der Waals surface area contributed by atoms with Crippen molar-refractivity contribution in [3.8, 4) is 0 Å². The summed E-state index contributed by atoms with van der Waals surface area (Å²) >= 11 is 6.77. The predicted molar refractivity (Wildman–Crippen MR) is 85.7 cm³/mol. The molecule has 2 aromatic carbocycles. The van der Waals surface area contributed by atoms with Gasteiger partial charge in [-0.25, -0.2) is 4.79 Å². The van der Waals surface area contributed by atoms with Gasteiger partial charge >= 0.3 is 6.03 Å². The average Bonchev–Trinajstić information content (AvgIpc) is 2.37. The Bertz CT molecular complexity index is 597. The second-order valence-corrected chi connectivity index (χ2v) is 5.82. The maximum absolute atomic E-state index is 11.8. The van der Waals surface area contributed by atoms with Crippen LogP contribution in [0, 0.1) is 6.92 Å². The summed E-state index contributed by atoms with van der Waals surface area (Å²) in [6, 6.07) is 12.8. The van der Waals surface area contributed by atoms with Crippen molar-refractivity contribution in [3.05, 3.63) is 57.0 Å². The third kappa shape index (κ3) is 4.08. The summed E-state index contributed by atoms with van der Waals surface area (Å²) < 4.78 is 1.99. The minimum atomic E-state index is -0.260. The first-order chi connectivity index (χ1) is 9.04.